The molecule has 0 aromatic carbocycles. The summed E-state index contributed by atoms with van der Waals surface area (Å²) in [7, 11) is 0. The van der Waals surface area contributed by atoms with Crippen molar-refractivity contribution in [3.8, 4) is 0 Å². The van der Waals surface area contributed by atoms with Crippen LogP contribution in [-0.4, -0.2) is 56.1 Å². The van der Waals surface area contributed by atoms with Crippen LogP contribution in [0.2, 0.25) is 0 Å². The quantitative estimate of drug-likeness (QED) is 0.484. The van der Waals surface area contributed by atoms with Crippen molar-refractivity contribution in [2.75, 3.05) is 26.4 Å². The topological polar surface area (TPSA) is 93.7 Å². The third-order valence-electron chi connectivity index (χ3n) is 4.13. The Morgan fingerprint density at radius 3 is 2.36 bits per heavy atom. The molecule has 1 aliphatic carbocycles. The van der Waals surface area contributed by atoms with E-state index in [1.54, 1.807) is 0 Å². The van der Waals surface area contributed by atoms with Crippen LogP contribution in [0.1, 0.15) is 52.9 Å². The molecule has 1 aliphatic rings. The summed E-state index contributed by atoms with van der Waals surface area (Å²) in [5.74, 6) is 0.290. The largest absolute Gasteiger partial charge is 0.379 e. The van der Waals surface area contributed by atoms with Gasteiger partial charge < -0.3 is 20.1 Å². The molecule has 1 fully saturated rings. The molecule has 0 aliphatic heterocycles. The van der Waals surface area contributed by atoms with Crippen LogP contribution in [0, 0.1) is 5.92 Å². The van der Waals surface area contributed by atoms with Crippen LogP contribution in [0.25, 0.3) is 0 Å². The molecule has 0 saturated heterocycles. The van der Waals surface area contributed by atoms with Gasteiger partial charge in [0.25, 0.3) is 0 Å². The van der Waals surface area contributed by atoms with Crippen molar-refractivity contribution in [3.05, 3.63) is 0 Å². The lowest BCUT2D eigenvalue weighted by atomic mass is 9.77. The highest BCUT2D eigenvalue weighted by Gasteiger charge is 2.33. The van der Waals surface area contributed by atoms with Gasteiger partial charge in [-0.1, -0.05) is 6.92 Å². The Hall–Kier alpha value is -1.47. The molecule has 0 unspecified atom stereocenters. The van der Waals surface area contributed by atoms with Gasteiger partial charge in [-0.2, -0.15) is 0 Å². The van der Waals surface area contributed by atoms with Crippen molar-refractivity contribution in [1.82, 2.24) is 10.6 Å². The number of nitrogens with one attached hydrogen (secondary N) is 2. The van der Waals surface area contributed by atoms with E-state index >= 15 is 0 Å². The van der Waals surface area contributed by atoms with Crippen LogP contribution in [0.5, 0.6) is 0 Å². The van der Waals surface area contributed by atoms with Gasteiger partial charge in [0.2, 0.25) is 11.8 Å². The van der Waals surface area contributed by atoms with Crippen molar-refractivity contribution in [2.24, 2.45) is 5.92 Å². The lowest BCUT2D eigenvalue weighted by molar-refractivity contribution is -0.129. The molecule has 0 bridgehead atoms. The van der Waals surface area contributed by atoms with Crippen molar-refractivity contribution in [2.45, 2.75) is 65.0 Å². The molecule has 7 nitrogen and oxygen atoms in total. The minimum Gasteiger partial charge on any atom is -0.379 e. The fourth-order valence-corrected chi connectivity index (χ4v) is 2.59. The predicted molar refractivity (Wildman–Crippen MR) is 94.1 cm³/mol. The summed E-state index contributed by atoms with van der Waals surface area (Å²) in [6, 6.07) is 0.125. The van der Waals surface area contributed by atoms with Crippen LogP contribution in [-0.2, 0) is 23.9 Å². The van der Waals surface area contributed by atoms with Gasteiger partial charge in [0.15, 0.2) is 0 Å². The SMILES string of the molecule is CCC(=O)C1CC(NC(=O)CCOCCNC(=O)CCOC(C)C)C1. The Labute approximate surface area is 150 Å². The highest BCUT2D eigenvalue weighted by Crippen LogP contribution is 2.29. The molecule has 0 radical (unpaired) electrons. The Morgan fingerprint density at radius 2 is 1.72 bits per heavy atom. The van der Waals surface area contributed by atoms with Gasteiger partial charge in [0, 0.05) is 37.8 Å². The average Bonchev–Trinajstić information content (AvgIpc) is 2.52. The van der Waals surface area contributed by atoms with Crippen molar-refractivity contribution < 1.29 is 23.9 Å². The fraction of sp³-hybridized carbons (Fsp3) is 0.833. The van der Waals surface area contributed by atoms with Gasteiger partial charge in [-0.05, 0) is 26.7 Å². The van der Waals surface area contributed by atoms with Gasteiger partial charge in [-0.3, -0.25) is 14.4 Å². The van der Waals surface area contributed by atoms with Crippen molar-refractivity contribution in [1.29, 1.82) is 0 Å². The molecular weight excluding hydrogens is 324 g/mol. The monoisotopic (exact) mass is 356 g/mol. The summed E-state index contributed by atoms with van der Waals surface area (Å²) in [6.07, 6.45) is 2.83. The van der Waals surface area contributed by atoms with E-state index in [0.29, 0.717) is 45.6 Å². The number of carbonyl (C=O) groups excluding carboxylic acids is 3. The lowest BCUT2D eigenvalue weighted by Crippen LogP contribution is -2.46. The first-order valence-corrected chi connectivity index (χ1v) is 9.20. The zero-order valence-corrected chi connectivity index (χ0v) is 15.6. The molecule has 0 spiro atoms. The average molecular weight is 356 g/mol. The van der Waals surface area contributed by atoms with Gasteiger partial charge in [-0.15, -0.1) is 0 Å². The number of hydrogen-bond donors (Lipinski definition) is 2. The number of amides is 2. The zero-order chi connectivity index (χ0) is 18.7. The number of ketones is 1. The predicted octanol–water partition coefficient (Wildman–Crippen LogP) is 1.20. The second-order valence-corrected chi connectivity index (χ2v) is 6.63. The molecule has 25 heavy (non-hydrogen) atoms. The van der Waals surface area contributed by atoms with Crippen molar-refractivity contribution >= 4 is 17.6 Å². The maximum Gasteiger partial charge on any atom is 0.222 e. The first-order valence-electron chi connectivity index (χ1n) is 9.20. The van der Waals surface area contributed by atoms with Gasteiger partial charge in [-0.25, -0.2) is 0 Å². The Kier molecular flexibility index (Phi) is 10.3. The van der Waals surface area contributed by atoms with Crippen LogP contribution in [0.4, 0.5) is 0 Å². The number of rotatable bonds is 13. The molecular formula is C18H32N2O5. The number of ether oxygens (including phenoxy) is 2. The van der Waals surface area contributed by atoms with E-state index in [2.05, 4.69) is 10.6 Å². The highest BCUT2D eigenvalue weighted by atomic mass is 16.5. The third kappa shape index (κ3) is 9.55. The maximum absolute atomic E-state index is 11.7. The van der Waals surface area contributed by atoms with E-state index in [1.165, 1.54) is 0 Å². The lowest BCUT2D eigenvalue weighted by Gasteiger charge is -2.34. The van der Waals surface area contributed by atoms with Gasteiger partial charge in [0.05, 0.1) is 25.9 Å². The Morgan fingerprint density at radius 1 is 1.04 bits per heavy atom. The minimum absolute atomic E-state index is 0.0535. The van der Waals surface area contributed by atoms with E-state index in [9.17, 15) is 14.4 Å². The second kappa shape index (κ2) is 12.0. The summed E-state index contributed by atoms with van der Waals surface area (Å²) < 4.78 is 10.6. The molecule has 0 aromatic rings. The zero-order valence-electron chi connectivity index (χ0n) is 15.6. The van der Waals surface area contributed by atoms with Crippen LogP contribution in [0.3, 0.4) is 0 Å². The number of carbonyl (C=O) groups is 3. The molecule has 0 aromatic heterocycles. The summed E-state index contributed by atoms with van der Waals surface area (Å²) in [5, 5.41) is 5.65. The van der Waals surface area contributed by atoms with Gasteiger partial charge in [0.1, 0.15) is 5.78 Å². The van der Waals surface area contributed by atoms with Crippen LogP contribution in [0.15, 0.2) is 0 Å². The molecule has 144 valence electrons. The van der Waals surface area contributed by atoms with E-state index in [4.69, 9.17) is 9.47 Å². The molecule has 1 rings (SSSR count). The minimum atomic E-state index is -0.0665. The van der Waals surface area contributed by atoms with Crippen LogP contribution < -0.4 is 10.6 Å². The molecule has 0 atom stereocenters. The Bertz CT molecular complexity index is 433. The van der Waals surface area contributed by atoms with E-state index in [0.717, 1.165) is 12.8 Å². The molecule has 0 heterocycles. The summed E-state index contributed by atoms with van der Waals surface area (Å²) >= 11 is 0. The van der Waals surface area contributed by atoms with Crippen molar-refractivity contribution in [3.63, 3.8) is 0 Å². The molecule has 1 saturated carbocycles. The molecule has 7 heteroatoms. The fourth-order valence-electron chi connectivity index (χ4n) is 2.59. The highest BCUT2D eigenvalue weighted by molar-refractivity contribution is 5.82. The van der Waals surface area contributed by atoms with Crippen LogP contribution >= 0.6 is 0 Å². The first kappa shape index (κ1) is 21.6. The Balaban J connectivity index is 1.92. The smallest absolute Gasteiger partial charge is 0.222 e. The molecule has 2 amide bonds. The van der Waals surface area contributed by atoms with E-state index in [1.807, 2.05) is 20.8 Å². The normalized spacial score (nSPS) is 19.4. The second-order valence-electron chi connectivity index (χ2n) is 6.63. The summed E-state index contributed by atoms with van der Waals surface area (Å²) in [6.45, 7) is 7.25. The number of Topliss-reactive ketones (excluding diaryl/α,β-unsaturated/α-hetero) is 1. The summed E-state index contributed by atoms with van der Waals surface area (Å²) in [5.41, 5.74) is 0. The molecule has 2 N–H and O–H groups in total. The van der Waals surface area contributed by atoms with E-state index < -0.39 is 0 Å². The first-order chi connectivity index (χ1) is 11.9. The standard InChI is InChI=1S/C18H32N2O5/c1-4-16(21)14-11-15(12-14)20-18(23)5-8-24-10-7-19-17(22)6-9-25-13(2)3/h13-15H,4-12H2,1-3H3,(H,19,22)(H,20,23). The van der Waals surface area contributed by atoms with Gasteiger partial charge >= 0.3 is 0 Å². The number of hydrogen-bond acceptors (Lipinski definition) is 5. The van der Waals surface area contributed by atoms with E-state index in [-0.39, 0.29) is 35.7 Å². The third-order valence-corrected chi connectivity index (χ3v) is 4.13. The summed E-state index contributed by atoms with van der Waals surface area (Å²) in [4.78, 5) is 34.7. The maximum atomic E-state index is 11.7.